The summed E-state index contributed by atoms with van der Waals surface area (Å²) in [7, 11) is 0. The molecule has 0 aromatic heterocycles. The van der Waals surface area contributed by atoms with Crippen molar-refractivity contribution in [2.24, 2.45) is 5.41 Å². The van der Waals surface area contributed by atoms with Gasteiger partial charge in [-0.1, -0.05) is 32.4 Å². The first kappa shape index (κ1) is 15.5. The molecule has 2 aliphatic heterocycles. The Balaban J connectivity index is 1.82. The van der Waals surface area contributed by atoms with Crippen LogP contribution >= 0.6 is 0 Å². The van der Waals surface area contributed by atoms with Crippen molar-refractivity contribution in [3.8, 4) is 0 Å². The quantitative estimate of drug-likeness (QED) is 0.778. The molecule has 1 amide bonds. The third kappa shape index (κ3) is 4.32. The van der Waals surface area contributed by atoms with E-state index < -0.39 is 0 Å². The highest BCUT2D eigenvalue weighted by Crippen LogP contribution is 2.29. The number of amides is 1. The standard InChI is InChI=1S/C16H29N3O/c1-16(2,3)14-5-10-18(11-6-14)13-15(20)19-9-4-7-17-8-12-19/h5,17H,4,6-13H2,1-3H3. The Morgan fingerprint density at radius 2 is 2.05 bits per heavy atom. The molecular weight excluding hydrogens is 250 g/mol. The fraction of sp³-hybridized carbons (Fsp3) is 0.812. The zero-order chi connectivity index (χ0) is 14.6. The van der Waals surface area contributed by atoms with E-state index in [-0.39, 0.29) is 5.41 Å². The third-order valence-corrected chi connectivity index (χ3v) is 4.31. The van der Waals surface area contributed by atoms with E-state index in [1.165, 1.54) is 5.57 Å². The van der Waals surface area contributed by atoms with Crippen molar-refractivity contribution < 1.29 is 4.79 Å². The zero-order valence-corrected chi connectivity index (χ0v) is 13.2. The summed E-state index contributed by atoms with van der Waals surface area (Å²) < 4.78 is 0. The van der Waals surface area contributed by atoms with Gasteiger partial charge in [0.2, 0.25) is 5.91 Å². The largest absolute Gasteiger partial charge is 0.340 e. The topological polar surface area (TPSA) is 35.6 Å². The third-order valence-electron chi connectivity index (χ3n) is 4.31. The van der Waals surface area contributed by atoms with Gasteiger partial charge < -0.3 is 10.2 Å². The number of hydrogen-bond donors (Lipinski definition) is 1. The van der Waals surface area contributed by atoms with E-state index >= 15 is 0 Å². The van der Waals surface area contributed by atoms with E-state index in [1.807, 2.05) is 4.90 Å². The molecule has 0 bridgehead atoms. The van der Waals surface area contributed by atoms with Crippen LogP contribution in [0.3, 0.4) is 0 Å². The summed E-state index contributed by atoms with van der Waals surface area (Å²) >= 11 is 0. The molecule has 0 aliphatic carbocycles. The van der Waals surface area contributed by atoms with E-state index in [0.29, 0.717) is 12.5 Å². The summed E-state index contributed by atoms with van der Waals surface area (Å²) in [4.78, 5) is 16.6. The second-order valence-electron chi connectivity index (χ2n) is 6.95. The van der Waals surface area contributed by atoms with Crippen LogP contribution in [0.4, 0.5) is 0 Å². The van der Waals surface area contributed by atoms with Gasteiger partial charge in [0.1, 0.15) is 0 Å². The number of nitrogens with zero attached hydrogens (tertiary/aromatic N) is 2. The molecule has 4 nitrogen and oxygen atoms in total. The van der Waals surface area contributed by atoms with Gasteiger partial charge in [0.25, 0.3) is 0 Å². The van der Waals surface area contributed by atoms with Gasteiger partial charge in [0.05, 0.1) is 6.54 Å². The van der Waals surface area contributed by atoms with E-state index in [1.54, 1.807) is 0 Å². The van der Waals surface area contributed by atoms with Gasteiger partial charge in [-0.25, -0.2) is 0 Å². The lowest BCUT2D eigenvalue weighted by Gasteiger charge is -2.32. The van der Waals surface area contributed by atoms with Crippen molar-refractivity contribution in [1.82, 2.24) is 15.1 Å². The molecule has 0 atom stereocenters. The molecule has 1 fully saturated rings. The monoisotopic (exact) mass is 279 g/mol. The lowest BCUT2D eigenvalue weighted by molar-refractivity contribution is -0.132. The Hall–Kier alpha value is -0.870. The fourth-order valence-electron chi connectivity index (χ4n) is 2.92. The Morgan fingerprint density at radius 3 is 2.70 bits per heavy atom. The molecule has 4 heteroatoms. The molecule has 0 unspecified atom stereocenters. The van der Waals surface area contributed by atoms with Crippen LogP contribution in [0.25, 0.3) is 0 Å². The van der Waals surface area contributed by atoms with Gasteiger partial charge in [0.15, 0.2) is 0 Å². The maximum atomic E-state index is 12.3. The van der Waals surface area contributed by atoms with E-state index in [4.69, 9.17) is 0 Å². The highest BCUT2D eigenvalue weighted by molar-refractivity contribution is 5.78. The molecule has 0 saturated carbocycles. The molecule has 1 saturated heterocycles. The highest BCUT2D eigenvalue weighted by Gasteiger charge is 2.23. The van der Waals surface area contributed by atoms with Crippen LogP contribution in [0.1, 0.15) is 33.6 Å². The van der Waals surface area contributed by atoms with Crippen molar-refractivity contribution in [2.75, 3.05) is 45.8 Å². The average molecular weight is 279 g/mol. The normalized spacial score (nSPS) is 22.4. The lowest BCUT2D eigenvalue weighted by atomic mass is 9.83. The maximum absolute atomic E-state index is 12.3. The first-order valence-electron chi connectivity index (χ1n) is 7.87. The van der Waals surface area contributed by atoms with Crippen LogP contribution in [0.15, 0.2) is 11.6 Å². The Morgan fingerprint density at radius 1 is 1.25 bits per heavy atom. The predicted octanol–water partition coefficient (Wildman–Crippen LogP) is 1.49. The van der Waals surface area contributed by atoms with Crippen molar-refractivity contribution in [2.45, 2.75) is 33.6 Å². The van der Waals surface area contributed by atoms with Gasteiger partial charge in [-0.3, -0.25) is 9.69 Å². The Labute approximate surface area is 123 Å². The molecule has 0 radical (unpaired) electrons. The molecule has 1 N–H and O–H groups in total. The summed E-state index contributed by atoms with van der Waals surface area (Å²) in [5.74, 6) is 0.293. The van der Waals surface area contributed by atoms with Gasteiger partial charge in [0, 0.05) is 32.7 Å². The minimum Gasteiger partial charge on any atom is -0.340 e. The van der Waals surface area contributed by atoms with Crippen LogP contribution in [-0.4, -0.2) is 61.5 Å². The molecule has 0 aromatic carbocycles. The van der Waals surface area contributed by atoms with Crippen LogP contribution in [0.5, 0.6) is 0 Å². The predicted molar refractivity (Wildman–Crippen MR) is 82.7 cm³/mol. The van der Waals surface area contributed by atoms with Crippen LogP contribution < -0.4 is 5.32 Å². The number of hydrogen-bond acceptors (Lipinski definition) is 3. The summed E-state index contributed by atoms with van der Waals surface area (Å²) in [6.07, 6.45) is 4.49. The molecular formula is C16H29N3O. The van der Waals surface area contributed by atoms with Gasteiger partial charge in [-0.2, -0.15) is 0 Å². The molecule has 0 aromatic rings. The molecule has 2 rings (SSSR count). The molecule has 2 aliphatic rings. The molecule has 0 spiro atoms. The van der Waals surface area contributed by atoms with Crippen molar-refractivity contribution in [1.29, 1.82) is 0 Å². The summed E-state index contributed by atoms with van der Waals surface area (Å²) in [5.41, 5.74) is 1.80. The number of nitrogens with one attached hydrogen (secondary N) is 1. The lowest BCUT2D eigenvalue weighted by Crippen LogP contribution is -2.43. The minimum absolute atomic E-state index is 0.270. The number of rotatable bonds is 2. The summed E-state index contributed by atoms with van der Waals surface area (Å²) in [6.45, 7) is 13.0. The van der Waals surface area contributed by atoms with Crippen LogP contribution in [0.2, 0.25) is 0 Å². The average Bonchev–Trinajstić information content (AvgIpc) is 2.67. The molecule has 20 heavy (non-hydrogen) atoms. The smallest absolute Gasteiger partial charge is 0.236 e. The van der Waals surface area contributed by atoms with Gasteiger partial charge in [-0.15, -0.1) is 0 Å². The van der Waals surface area contributed by atoms with E-state index in [0.717, 1.165) is 52.1 Å². The molecule has 114 valence electrons. The Bertz CT molecular complexity index is 362. The van der Waals surface area contributed by atoms with Crippen LogP contribution in [0, 0.1) is 5.41 Å². The SMILES string of the molecule is CC(C)(C)C1=CCN(CC(=O)N2CCCNCC2)CC1. The first-order valence-corrected chi connectivity index (χ1v) is 7.87. The molecule has 2 heterocycles. The minimum atomic E-state index is 0.270. The van der Waals surface area contributed by atoms with Gasteiger partial charge >= 0.3 is 0 Å². The maximum Gasteiger partial charge on any atom is 0.236 e. The summed E-state index contributed by atoms with van der Waals surface area (Å²) in [5, 5.41) is 3.34. The zero-order valence-electron chi connectivity index (χ0n) is 13.2. The van der Waals surface area contributed by atoms with E-state index in [9.17, 15) is 4.79 Å². The van der Waals surface area contributed by atoms with Gasteiger partial charge in [-0.05, 0) is 24.8 Å². The second kappa shape index (κ2) is 6.72. The van der Waals surface area contributed by atoms with Crippen molar-refractivity contribution in [3.63, 3.8) is 0 Å². The highest BCUT2D eigenvalue weighted by atomic mass is 16.2. The number of carbonyl (C=O) groups is 1. The first-order chi connectivity index (χ1) is 9.47. The number of carbonyl (C=O) groups excluding carboxylic acids is 1. The fourth-order valence-corrected chi connectivity index (χ4v) is 2.92. The second-order valence-corrected chi connectivity index (χ2v) is 6.95. The Kier molecular flexibility index (Phi) is 5.22. The van der Waals surface area contributed by atoms with E-state index in [2.05, 4.69) is 37.1 Å². The van der Waals surface area contributed by atoms with Crippen molar-refractivity contribution >= 4 is 5.91 Å². The van der Waals surface area contributed by atoms with Crippen molar-refractivity contribution in [3.05, 3.63) is 11.6 Å². The van der Waals surface area contributed by atoms with Crippen LogP contribution in [-0.2, 0) is 4.79 Å². The summed E-state index contributed by atoms with van der Waals surface area (Å²) in [6, 6.07) is 0.